The van der Waals surface area contributed by atoms with Crippen LogP contribution in [0.3, 0.4) is 0 Å². The molecule has 26 heavy (non-hydrogen) atoms. The second-order valence-electron chi connectivity index (χ2n) is 5.91. The Hall–Kier alpha value is -3.60. The number of carbonyl (C=O) groups excluding carboxylic acids is 2. The summed E-state index contributed by atoms with van der Waals surface area (Å²) in [6, 6.07) is 17.3. The van der Waals surface area contributed by atoms with E-state index in [0.717, 1.165) is 5.69 Å². The summed E-state index contributed by atoms with van der Waals surface area (Å²) in [5.74, 6) is -0.730. The molecule has 1 aliphatic rings. The maximum atomic E-state index is 13.1. The lowest BCUT2D eigenvalue weighted by atomic mass is 9.82. The third kappa shape index (κ3) is 2.33. The van der Waals surface area contributed by atoms with E-state index in [4.69, 9.17) is 4.74 Å². The third-order valence-electron chi connectivity index (χ3n) is 4.41. The van der Waals surface area contributed by atoms with Crippen molar-refractivity contribution < 1.29 is 19.4 Å². The molecule has 0 heterocycles. The van der Waals surface area contributed by atoms with Gasteiger partial charge >= 0.3 is 0 Å². The summed E-state index contributed by atoms with van der Waals surface area (Å²) in [4.78, 5) is 26.2. The van der Waals surface area contributed by atoms with Crippen molar-refractivity contribution in [1.29, 1.82) is 0 Å². The smallest absolute Gasteiger partial charge is 0.200 e. The Morgan fingerprint density at radius 1 is 0.808 bits per heavy atom. The molecule has 0 saturated heterocycles. The van der Waals surface area contributed by atoms with Gasteiger partial charge in [-0.05, 0) is 30.3 Å². The van der Waals surface area contributed by atoms with Crippen LogP contribution in [-0.4, -0.2) is 23.8 Å². The number of ether oxygens (including phenoxy) is 1. The molecular formula is C21H15NO4. The van der Waals surface area contributed by atoms with Crippen LogP contribution < -0.4 is 10.1 Å². The monoisotopic (exact) mass is 345 g/mol. The molecule has 0 aliphatic heterocycles. The molecule has 2 N–H and O–H groups in total. The van der Waals surface area contributed by atoms with Crippen LogP contribution >= 0.6 is 0 Å². The predicted octanol–water partition coefficient (Wildman–Crippen LogP) is 3.92. The zero-order chi connectivity index (χ0) is 18.3. The Balaban J connectivity index is 1.91. The van der Waals surface area contributed by atoms with Gasteiger partial charge in [-0.25, -0.2) is 0 Å². The van der Waals surface area contributed by atoms with Crippen molar-refractivity contribution in [3.8, 4) is 11.5 Å². The lowest BCUT2D eigenvalue weighted by Gasteiger charge is -2.23. The summed E-state index contributed by atoms with van der Waals surface area (Å²) in [5.41, 5.74) is 1.91. The van der Waals surface area contributed by atoms with E-state index >= 15 is 0 Å². The van der Waals surface area contributed by atoms with Gasteiger partial charge in [-0.1, -0.05) is 30.3 Å². The highest BCUT2D eigenvalue weighted by Gasteiger charge is 2.36. The number of rotatable bonds is 3. The number of carbonyl (C=O) groups is 2. The molecule has 0 radical (unpaired) electrons. The Labute approximate surface area is 149 Å². The molecule has 0 saturated carbocycles. The zero-order valence-corrected chi connectivity index (χ0v) is 13.9. The SMILES string of the molecule is COc1ccc(O)c2c1C(=O)c1cccc(Nc3ccccc3)c1C2=O. The number of benzene rings is 3. The van der Waals surface area contributed by atoms with Crippen LogP contribution in [0.15, 0.2) is 60.7 Å². The van der Waals surface area contributed by atoms with Gasteiger partial charge in [0.05, 0.1) is 29.5 Å². The molecule has 5 nitrogen and oxygen atoms in total. The highest BCUT2D eigenvalue weighted by atomic mass is 16.5. The normalized spacial score (nSPS) is 12.3. The Morgan fingerprint density at radius 3 is 2.31 bits per heavy atom. The largest absolute Gasteiger partial charge is 0.507 e. The number of anilines is 2. The number of fused-ring (bicyclic) bond motifs is 2. The lowest BCUT2D eigenvalue weighted by molar-refractivity contribution is 0.0974. The summed E-state index contributed by atoms with van der Waals surface area (Å²) in [6.45, 7) is 0. The van der Waals surface area contributed by atoms with E-state index in [-0.39, 0.29) is 39.5 Å². The van der Waals surface area contributed by atoms with E-state index in [1.165, 1.54) is 19.2 Å². The average Bonchev–Trinajstić information content (AvgIpc) is 2.66. The van der Waals surface area contributed by atoms with Crippen LogP contribution in [0.25, 0.3) is 0 Å². The van der Waals surface area contributed by atoms with Crippen molar-refractivity contribution in [2.24, 2.45) is 0 Å². The summed E-state index contributed by atoms with van der Waals surface area (Å²) < 4.78 is 5.23. The molecule has 128 valence electrons. The molecule has 5 heteroatoms. The van der Waals surface area contributed by atoms with Crippen LogP contribution in [-0.2, 0) is 0 Å². The molecule has 3 aromatic rings. The minimum absolute atomic E-state index is 0.0239. The number of ketones is 2. The van der Waals surface area contributed by atoms with Crippen molar-refractivity contribution >= 4 is 22.9 Å². The number of nitrogens with one attached hydrogen (secondary N) is 1. The van der Waals surface area contributed by atoms with Gasteiger partial charge in [-0.15, -0.1) is 0 Å². The van der Waals surface area contributed by atoms with Crippen molar-refractivity contribution in [2.45, 2.75) is 0 Å². The topological polar surface area (TPSA) is 75.6 Å². The van der Waals surface area contributed by atoms with E-state index in [1.54, 1.807) is 18.2 Å². The first-order valence-corrected chi connectivity index (χ1v) is 8.06. The standard InChI is InChI=1S/C21H15NO4/c1-26-16-11-10-15(23)18-19(16)20(24)13-8-5-9-14(17(13)21(18)25)22-12-6-3-2-4-7-12/h2-11,22-23H,1H3. The van der Waals surface area contributed by atoms with Crippen LogP contribution in [0.2, 0.25) is 0 Å². The van der Waals surface area contributed by atoms with Crippen molar-refractivity contribution in [3.63, 3.8) is 0 Å². The van der Waals surface area contributed by atoms with Gasteiger partial charge in [0.15, 0.2) is 11.6 Å². The van der Waals surface area contributed by atoms with Crippen molar-refractivity contribution in [2.75, 3.05) is 12.4 Å². The van der Waals surface area contributed by atoms with E-state index < -0.39 is 5.78 Å². The van der Waals surface area contributed by atoms with E-state index in [0.29, 0.717) is 5.69 Å². The van der Waals surface area contributed by atoms with Gasteiger partial charge in [0, 0.05) is 11.3 Å². The van der Waals surface area contributed by atoms with Gasteiger partial charge < -0.3 is 15.2 Å². The number of aromatic hydroxyl groups is 1. The lowest BCUT2D eigenvalue weighted by Crippen LogP contribution is -2.23. The molecule has 0 unspecified atom stereocenters. The van der Waals surface area contributed by atoms with Crippen LogP contribution in [0, 0.1) is 0 Å². The molecule has 0 atom stereocenters. The highest BCUT2D eigenvalue weighted by molar-refractivity contribution is 6.32. The van der Waals surface area contributed by atoms with Crippen LogP contribution in [0.5, 0.6) is 11.5 Å². The molecule has 0 bridgehead atoms. The molecule has 3 aromatic carbocycles. The number of phenols is 1. The highest BCUT2D eigenvalue weighted by Crippen LogP contribution is 2.40. The predicted molar refractivity (Wildman–Crippen MR) is 97.7 cm³/mol. The van der Waals surface area contributed by atoms with Gasteiger partial charge in [0.1, 0.15) is 11.5 Å². The molecule has 0 amide bonds. The fraction of sp³-hybridized carbons (Fsp3) is 0.0476. The van der Waals surface area contributed by atoms with Gasteiger partial charge in [-0.3, -0.25) is 9.59 Å². The van der Waals surface area contributed by atoms with Crippen LogP contribution in [0.4, 0.5) is 11.4 Å². The first kappa shape index (κ1) is 15.9. The average molecular weight is 345 g/mol. The Morgan fingerprint density at radius 2 is 1.58 bits per heavy atom. The summed E-state index contributed by atoms with van der Waals surface area (Å²) in [5, 5.41) is 13.4. The zero-order valence-electron chi connectivity index (χ0n) is 13.9. The molecule has 1 aliphatic carbocycles. The summed E-state index contributed by atoms with van der Waals surface area (Å²) >= 11 is 0. The van der Waals surface area contributed by atoms with Gasteiger partial charge in [-0.2, -0.15) is 0 Å². The van der Waals surface area contributed by atoms with Gasteiger partial charge in [0.2, 0.25) is 0 Å². The molecule has 0 fully saturated rings. The van der Waals surface area contributed by atoms with Crippen molar-refractivity contribution in [1.82, 2.24) is 0 Å². The minimum atomic E-state index is -0.412. The molecule has 0 spiro atoms. The van der Waals surface area contributed by atoms with E-state index in [1.807, 2.05) is 30.3 Å². The van der Waals surface area contributed by atoms with Gasteiger partial charge in [0.25, 0.3) is 0 Å². The second-order valence-corrected chi connectivity index (χ2v) is 5.91. The quantitative estimate of drug-likeness (QED) is 0.589. The molecular weight excluding hydrogens is 330 g/mol. The second kappa shape index (κ2) is 6.04. The van der Waals surface area contributed by atoms with Crippen molar-refractivity contribution in [3.05, 3.63) is 82.9 Å². The Kier molecular flexibility index (Phi) is 3.69. The third-order valence-corrected chi connectivity index (χ3v) is 4.41. The molecule has 0 aromatic heterocycles. The number of hydrogen-bond donors (Lipinski definition) is 2. The number of methoxy groups -OCH3 is 1. The van der Waals surface area contributed by atoms with E-state index in [9.17, 15) is 14.7 Å². The minimum Gasteiger partial charge on any atom is -0.507 e. The van der Waals surface area contributed by atoms with E-state index in [2.05, 4.69) is 5.32 Å². The summed E-state index contributed by atoms with van der Waals surface area (Å²) in [6.07, 6.45) is 0. The first-order chi connectivity index (χ1) is 12.6. The Bertz CT molecular complexity index is 1040. The first-order valence-electron chi connectivity index (χ1n) is 8.06. The fourth-order valence-corrected chi connectivity index (χ4v) is 3.22. The fourth-order valence-electron chi connectivity index (χ4n) is 3.22. The van der Waals surface area contributed by atoms with Crippen LogP contribution in [0.1, 0.15) is 31.8 Å². The number of phenolic OH excluding ortho intramolecular Hbond substituents is 1. The maximum Gasteiger partial charge on any atom is 0.200 e. The maximum absolute atomic E-state index is 13.1. The number of para-hydroxylation sites is 1. The number of hydrogen-bond acceptors (Lipinski definition) is 5. The molecule has 4 rings (SSSR count). The summed E-state index contributed by atoms with van der Waals surface area (Å²) in [7, 11) is 1.42.